The summed E-state index contributed by atoms with van der Waals surface area (Å²) in [7, 11) is 1.77. The van der Waals surface area contributed by atoms with E-state index in [9.17, 15) is 4.79 Å². The van der Waals surface area contributed by atoms with Gasteiger partial charge in [0.05, 0.1) is 16.8 Å². The van der Waals surface area contributed by atoms with E-state index in [0.717, 1.165) is 11.1 Å². The second-order valence-electron chi connectivity index (χ2n) is 5.01. The summed E-state index contributed by atoms with van der Waals surface area (Å²) in [5.74, 6) is -0.183. The lowest BCUT2D eigenvalue weighted by molar-refractivity contribution is -0.126. The van der Waals surface area contributed by atoms with Gasteiger partial charge in [0, 0.05) is 7.05 Å². The zero-order chi connectivity index (χ0) is 14.1. The second-order valence-corrected chi connectivity index (χ2v) is 5.43. The van der Waals surface area contributed by atoms with Crippen LogP contribution in [0.1, 0.15) is 23.0 Å². The third-order valence-electron chi connectivity index (χ3n) is 3.84. The molecule has 2 unspecified atom stereocenters. The molecule has 20 heavy (non-hydrogen) atoms. The Labute approximate surface area is 124 Å². The zero-order valence-corrected chi connectivity index (χ0v) is 12.0. The summed E-state index contributed by atoms with van der Waals surface area (Å²) in [6.45, 7) is 0. The van der Waals surface area contributed by atoms with Crippen LogP contribution in [0, 0.1) is 0 Å². The van der Waals surface area contributed by atoms with E-state index in [4.69, 9.17) is 12.2 Å². The zero-order valence-electron chi connectivity index (χ0n) is 11.2. The van der Waals surface area contributed by atoms with Gasteiger partial charge in [-0.15, -0.1) is 0 Å². The molecule has 2 nitrogen and oxygen atoms in total. The van der Waals surface area contributed by atoms with E-state index < -0.39 is 0 Å². The van der Waals surface area contributed by atoms with Crippen LogP contribution >= 0.6 is 12.2 Å². The normalized spacial score (nSPS) is 22.4. The van der Waals surface area contributed by atoms with E-state index in [1.165, 1.54) is 0 Å². The fourth-order valence-electron chi connectivity index (χ4n) is 2.80. The van der Waals surface area contributed by atoms with Crippen molar-refractivity contribution in [1.82, 2.24) is 4.90 Å². The molecule has 0 radical (unpaired) electrons. The van der Waals surface area contributed by atoms with E-state index >= 15 is 0 Å². The molecule has 1 saturated heterocycles. The highest BCUT2D eigenvalue weighted by molar-refractivity contribution is 7.80. The number of hydrogen-bond acceptors (Lipinski definition) is 2. The highest BCUT2D eigenvalue weighted by atomic mass is 32.1. The lowest BCUT2D eigenvalue weighted by atomic mass is 9.84. The number of carbonyl (C=O) groups is 1. The molecule has 1 heterocycles. The molecule has 1 amide bonds. The maximum Gasteiger partial charge on any atom is 0.235 e. The van der Waals surface area contributed by atoms with E-state index in [1.807, 2.05) is 60.7 Å². The topological polar surface area (TPSA) is 20.3 Å². The van der Waals surface area contributed by atoms with E-state index in [0.29, 0.717) is 4.99 Å². The van der Waals surface area contributed by atoms with Crippen molar-refractivity contribution in [2.24, 2.45) is 0 Å². The molecule has 0 N–H and O–H groups in total. The predicted octanol–water partition coefficient (Wildman–Crippen LogP) is 3.35. The van der Waals surface area contributed by atoms with Gasteiger partial charge in [-0.25, -0.2) is 0 Å². The third-order valence-corrected chi connectivity index (χ3v) is 4.37. The first-order valence-corrected chi connectivity index (χ1v) is 7.02. The Morgan fingerprint density at radius 2 is 1.30 bits per heavy atom. The molecule has 1 aliphatic rings. The standard InChI is InChI=1S/C17H15NOS/c1-18-16(19)14(12-8-4-2-5-9-12)15(17(18)20)13-10-6-3-7-11-13/h2-11,14-15H,1H3. The Balaban J connectivity index is 2.10. The maximum atomic E-state index is 12.5. The molecule has 0 saturated carbocycles. The van der Waals surface area contributed by atoms with Crippen LogP contribution < -0.4 is 0 Å². The number of likely N-dealkylation sites (tertiary alicyclic amines) is 1. The lowest BCUT2D eigenvalue weighted by Gasteiger charge is -2.17. The Morgan fingerprint density at radius 3 is 1.80 bits per heavy atom. The largest absolute Gasteiger partial charge is 0.309 e. The first kappa shape index (κ1) is 13.0. The molecule has 2 aromatic rings. The summed E-state index contributed by atoms with van der Waals surface area (Å²) in [5, 5.41) is 0. The van der Waals surface area contributed by atoms with E-state index in [-0.39, 0.29) is 17.7 Å². The quantitative estimate of drug-likeness (QED) is 0.787. The predicted molar refractivity (Wildman–Crippen MR) is 83.7 cm³/mol. The van der Waals surface area contributed by atoms with Crippen LogP contribution in [-0.2, 0) is 4.79 Å². The van der Waals surface area contributed by atoms with Gasteiger partial charge in [-0.1, -0.05) is 72.9 Å². The van der Waals surface area contributed by atoms with Crippen LogP contribution in [0.3, 0.4) is 0 Å². The Morgan fingerprint density at radius 1 is 0.850 bits per heavy atom. The molecule has 100 valence electrons. The summed E-state index contributed by atoms with van der Waals surface area (Å²) >= 11 is 5.50. The van der Waals surface area contributed by atoms with Crippen LogP contribution in [0.4, 0.5) is 0 Å². The second kappa shape index (κ2) is 5.17. The van der Waals surface area contributed by atoms with Crippen molar-refractivity contribution in [3.63, 3.8) is 0 Å². The lowest BCUT2D eigenvalue weighted by Crippen LogP contribution is -2.24. The molecule has 0 bridgehead atoms. The molecule has 1 aliphatic heterocycles. The molecular formula is C17H15NOS. The van der Waals surface area contributed by atoms with Gasteiger partial charge in [-0.3, -0.25) is 4.79 Å². The van der Waals surface area contributed by atoms with Crippen molar-refractivity contribution in [2.75, 3.05) is 7.05 Å². The highest BCUT2D eigenvalue weighted by Crippen LogP contribution is 2.41. The number of likely N-dealkylation sites (N-methyl/N-ethyl adjacent to an activating group) is 1. The van der Waals surface area contributed by atoms with Crippen LogP contribution in [0.25, 0.3) is 0 Å². The summed E-state index contributed by atoms with van der Waals surface area (Å²) in [5.41, 5.74) is 2.13. The molecule has 0 aromatic heterocycles. The Hall–Kier alpha value is -2.00. The summed E-state index contributed by atoms with van der Waals surface area (Å²) in [4.78, 5) is 14.9. The van der Waals surface area contributed by atoms with Gasteiger partial charge < -0.3 is 4.90 Å². The summed E-state index contributed by atoms with van der Waals surface area (Å²) < 4.78 is 0. The van der Waals surface area contributed by atoms with Crippen LogP contribution in [0.5, 0.6) is 0 Å². The number of benzene rings is 2. The van der Waals surface area contributed by atoms with Crippen LogP contribution in [-0.4, -0.2) is 22.8 Å². The third kappa shape index (κ3) is 2.04. The van der Waals surface area contributed by atoms with Gasteiger partial charge in [-0.2, -0.15) is 0 Å². The van der Waals surface area contributed by atoms with Gasteiger partial charge in [-0.05, 0) is 11.1 Å². The number of carbonyl (C=O) groups excluding carboxylic acids is 1. The van der Waals surface area contributed by atoms with Crippen molar-refractivity contribution in [2.45, 2.75) is 11.8 Å². The van der Waals surface area contributed by atoms with Crippen LogP contribution in [0.2, 0.25) is 0 Å². The molecule has 1 fully saturated rings. The minimum absolute atomic E-state index is 0.0499. The van der Waals surface area contributed by atoms with Gasteiger partial charge in [0.2, 0.25) is 5.91 Å². The number of hydrogen-bond donors (Lipinski definition) is 0. The number of nitrogens with zero attached hydrogens (tertiary/aromatic N) is 1. The van der Waals surface area contributed by atoms with E-state index in [2.05, 4.69) is 0 Å². The number of rotatable bonds is 2. The molecule has 3 rings (SSSR count). The highest BCUT2D eigenvalue weighted by Gasteiger charge is 2.44. The van der Waals surface area contributed by atoms with Crippen molar-refractivity contribution in [3.8, 4) is 0 Å². The summed E-state index contributed by atoms with van der Waals surface area (Å²) in [6.07, 6.45) is 0. The molecule has 3 heteroatoms. The maximum absolute atomic E-state index is 12.5. The fourth-order valence-corrected chi connectivity index (χ4v) is 3.16. The molecule has 2 atom stereocenters. The van der Waals surface area contributed by atoms with Gasteiger partial charge in [0.1, 0.15) is 0 Å². The van der Waals surface area contributed by atoms with Crippen molar-refractivity contribution in [1.29, 1.82) is 0 Å². The first-order valence-electron chi connectivity index (χ1n) is 6.61. The SMILES string of the molecule is CN1C(=O)C(c2ccccc2)C(c2ccccc2)C1=S. The minimum Gasteiger partial charge on any atom is -0.309 e. The van der Waals surface area contributed by atoms with Gasteiger partial charge in [0.25, 0.3) is 0 Å². The van der Waals surface area contributed by atoms with Crippen molar-refractivity contribution >= 4 is 23.1 Å². The van der Waals surface area contributed by atoms with Gasteiger partial charge >= 0.3 is 0 Å². The molecular weight excluding hydrogens is 266 g/mol. The summed E-state index contributed by atoms with van der Waals surface area (Å²) in [6, 6.07) is 19.9. The molecule has 0 spiro atoms. The fraction of sp³-hybridized carbons (Fsp3) is 0.176. The number of amides is 1. The average Bonchev–Trinajstić information content (AvgIpc) is 2.73. The smallest absolute Gasteiger partial charge is 0.235 e. The molecule has 0 aliphatic carbocycles. The Bertz CT molecular complexity index is 581. The Kier molecular flexibility index (Phi) is 3.36. The minimum atomic E-state index is -0.212. The van der Waals surface area contributed by atoms with E-state index in [1.54, 1.807) is 11.9 Å². The molecule has 2 aromatic carbocycles. The van der Waals surface area contributed by atoms with Crippen molar-refractivity contribution < 1.29 is 4.79 Å². The average molecular weight is 281 g/mol. The van der Waals surface area contributed by atoms with Crippen molar-refractivity contribution in [3.05, 3.63) is 71.8 Å². The van der Waals surface area contributed by atoms with Gasteiger partial charge in [0.15, 0.2) is 0 Å². The monoisotopic (exact) mass is 281 g/mol. The van der Waals surface area contributed by atoms with Crippen LogP contribution in [0.15, 0.2) is 60.7 Å². The first-order chi connectivity index (χ1) is 9.70. The number of thiocarbonyl (C=S) groups is 1.